The van der Waals surface area contributed by atoms with E-state index in [9.17, 15) is 9.59 Å². The molecule has 0 aliphatic heterocycles. The third-order valence-corrected chi connectivity index (χ3v) is 8.59. The van der Waals surface area contributed by atoms with Crippen molar-refractivity contribution in [1.82, 2.24) is 20.6 Å². The molecule has 246 valence electrons. The van der Waals surface area contributed by atoms with Gasteiger partial charge in [-0.1, -0.05) is 60.7 Å². The van der Waals surface area contributed by atoms with Crippen LogP contribution in [0.5, 0.6) is 11.5 Å². The van der Waals surface area contributed by atoms with Crippen molar-refractivity contribution in [1.29, 1.82) is 0 Å². The van der Waals surface area contributed by atoms with Gasteiger partial charge in [0.15, 0.2) is 0 Å². The van der Waals surface area contributed by atoms with Crippen LogP contribution in [-0.4, -0.2) is 36.0 Å². The van der Waals surface area contributed by atoms with Crippen LogP contribution in [0.25, 0.3) is 44.3 Å². The van der Waals surface area contributed by atoms with E-state index in [-0.39, 0.29) is 11.8 Å². The van der Waals surface area contributed by atoms with E-state index < -0.39 is 0 Å². The molecule has 2 aromatic heterocycles. The smallest absolute Gasteiger partial charge is 0.252 e. The van der Waals surface area contributed by atoms with Gasteiger partial charge < -0.3 is 20.1 Å². The van der Waals surface area contributed by atoms with Crippen LogP contribution in [0.2, 0.25) is 0 Å². The lowest BCUT2D eigenvalue weighted by Gasteiger charge is -2.13. The molecule has 0 fully saturated rings. The highest BCUT2D eigenvalue weighted by Gasteiger charge is 2.16. The van der Waals surface area contributed by atoms with Crippen LogP contribution >= 0.6 is 0 Å². The van der Waals surface area contributed by atoms with E-state index in [1.807, 2.05) is 133 Å². The molecule has 7 aromatic rings. The molecule has 2 N–H and O–H groups in total. The SMILES string of the molecule is COc1ccc(-c2cc(C(=O)NCc3cccc(CNC(=O)c4cc(-c5ccc(OC)cc5)nc5ccccc45)c3)c3ccccc3n2)cc1. The van der Waals surface area contributed by atoms with E-state index >= 15 is 0 Å². The van der Waals surface area contributed by atoms with E-state index in [2.05, 4.69) is 10.6 Å². The summed E-state index contributed by atoms with van der Waals surface area (Å²) < 4.78 is 10.6. The van der Waals surface area contributed by atoms with Gasteiger partial charge in [-0.05, 0) is 83.9 Å². The van der Waals surface area contributed by atoms with Crippen molar-refractivity contribution in [3.05, 3.63) is 156 Å². The van der Waals surface area contributed by atoms with Gasteiger partial charge in [0, 0.05) is 35.0 Å². The highest BCUT2D eigenvalue weighted by Crippen LogP contribution is 2.28. The van der Waals surface area contributed by atoms with Gasteiger partial charge in [-0.3, -0.25) is 9.59 Å². The first-order chi connectivity index (χ1) is 24.5. The molecule has 8 heteroatoms. The highest BCUT2D eigenvalue weighted by atomic mass is 16.5. The number of rotatable bonds is 10. The Kier molecular flexibility index (Phi) is 9.16. The summed E-state index contributed by atoms with van der Waals surface area (Å²) in [5.41, 5.74) is 7.56. The van der Waals surface area contributed by atoms with Gasteiger partial charge in [-0.2, -0.15) is 0 Å². The molecule has 2 heterocycles. The van der Waals surface area contributed by atoms with E-state index in [0.29, 0.717) is 35.6 Å². The zero-order valence-electron chi connectivity index (χ0n) is 27.6. The number of aromatic nitrogens is 2. The number of nitrogens with zero attached hydrogens (tertiary/aromatic N) is 2. The molecule has 0 radical (unpaired) electrons. The predicted octanol–water partition coefficient (Wildman–Crippen LogP) is 7.99. The fourth-order valence-corrected chi connectivity index (χ4v) is 5.95. The summed E-state index contributed by atoms with van der Waals surface area (Å²) in [6.45, 7) is 0.630. The van der Waals surface area contributed by atoms with Gasteiger partial charge in [0.05, 0.1) is 47.8 Å². The molecule has 50 heavy (non-hydrogen) atoms. The number of ether oxygens (including phenoxy) is 2. The molecule has 0 aliphatic carbocycles. The monoisotopic (exact) mass is 658 g/mol. The molecule has 0 atom stereocenters. The number of benzene rings is 5. The van der Waals surface area contributed by atoms with Crippen LogP contribution < -0.4 is 20.1 Å². The number of carbonyl (C=O) groups is 2. The minimum Gasteiger partial charge on any atom is -0.497 e. The van der Waals surface area contributed by atoms with Crippen LogP contribution in [0.15, 0.2) is 133 Å². The second-order valence-corrected chi connectivity index (χ2v) is 11.8. The lowest BCUT2D eigenvalue weighted by molar-refractivity contribution is 0.0945. The second-order valence-electron chi connectivity index (χ2n) is 11.8. The first-order valence-electron chi connectivity index (χ1n) is 16.2. The van der Waals surface area contributed by atoms with Crippen molar-refractivity contribution >= 4 is 33.6 Å². The van der Waals surface area contributed by atoms with Crippen molar-refractivity contribution in [2.24, 2.45) is 0 Å². The zero-order valence-corrected chi connectivity index (χ0v) is 27.6. The van der Waals surface area contributed by atoms with Crippen LogP contribution in [0.3, 0.4) is 0 Å². The standard InChI is InChI=1S/C42H34N4O4/c1-49-31-18-14-29(15-19-31)39-23-35(33-10-3-5-12-37(33)45-39)41(47)43-25-27-8-7-9-28(22-27)26-44-42(48)36-24-40(30-16-20-32(50-2)21-17-30)46-38-13-6-4-11-34(36)38/h3-24H,25-26H2,1-2H3,(H,43,47)(H,44,48). The number of amides is 2. The van der Waals surface area contributed by atoms with Crippen molar-refractivity contribution in [3.63, 3.8) is 0 Å². The minimum absolute atomic E-state index is 0.200. The Balaban J connectivity index is 1.06. The zero-order chi connectivity index (χ0) is 34.5. The van der Waals surface area contributed by atoms with Crippen LogP contribution in [0.1, 0.15) is 31.8 Å². The van der Waals surface area contributed by atoms with Crippen molar-refractivity contribution in [3.8, 4) is 34.0 Å². The van der Waals surface area contributed by atoms with E-state index in [1.54, 1.807) is 14.2 Å². The molecule has 0 saturated heterocycles. The summed E-state index contributed by atoms with van der Waals surface area (Å²) in [5, 5.41) is 7.72. The average molecular weight is 659 g/mol. The Labute approximate surface area is 289 Å². The van der Waals surface area contributed by atoms with Gasteiger partial charge in [0.2, 0.25) is 0 Å². The molecular weight excluding hydrogens is 624 g/mol. The molecule has 8 nitrogen and oxygen atoms in total. The van der Waals surface area contributed by atoms with Crippen molar-refractivity contribution in [2.45, 2.75) is 13.1 Å². The van der Waals surface area contributed by atoms with Gasteiger partial charge >= 0.3 is 0 Å². The Hall–Kier alpha value is -6.54. The molecule has 0 saturated carbocycles. The quantitative estimate of drug-likeness (QED) is 0.154. The first kappa shape index (κ1) is 32.0. The summed E-state index contributed by atoms with van der Waals surface area (Å²) in [4.78, 5) is 36.8. The number of carbonyl (C=O) groups excluding carboxylic acids is 2. The van der Waals surface area contributed by atoms with E-state index in [4.69, 9.17) is 19.4 Å². The third-order valence-electron chi connectivity index (χ3n) is 8.59. The number of pyridine rings is 2. The Bertz CT molecular complexity index is 2180. The predicted molar refractivity (Wildman–Crippen MR) is 196 cm³/mol. The molecular formula is C42H34N4O4. The largest absolute Gasteiger partial charge is 0.497 e. The van der Waals surface area contributed by atoms with Crippen molar-refractivity contribution in [2.75, 3.05) is 14.2 Å². The molecule has 0 bridgehead atoms. The fourth-order valence-electron chi connectivity index (χ4n) is 5.95. The Morgan fingerprint density at radius 1 is 0.520 bits per heavy atom. The normalized spacial score (nSPS) is 10.9. The van der Waals surface area contributed by atoms with Crippen molar-refractivity contribution < 1.29 is 19.1 Å². The lowest BCUT2D eigenvalue weighted by Crippen LogP contribution is -2.24. The van der Waals surface area contributed by atoms with Crippen LogP contribution in [-0.2, 0) is 13.1 Å². The Morgan fingerprint density at radius 3 is 1.36 bits per heavy atom. The number of methoxy groups -OCH3 is 2. The Morgan fingerprint density at radius 2 is 0.940 bits per heavy atom. The second kappa shape index (κ2) is 14.3. The third kappa shape index (κ3) is 6.86. The molecule has 0 unspecified atom stereocenters. The average Bonchev–Trinajstić information content (AvgIpc) is 3.18. The summed E-state index contributed by atoms with van der Waals surface area (Å²) in [5.74, 6) is 1.10. The number of hydrogen-bond donors (Lipinski definition) is 2. The number of fused-ring (bicyclic) bond motifs is 2. The molecule has 0 spiro atoms. The van der Waals surface area contributed by atoms with Gasteiger partial charge in [-0.25, -0.2) is 9.97 Å². The van der Waals surface area contributed by atoms with Gasteiger partial charge in [-0.15, -0.1) is 0 Å². The maximum absolute atomic E-state index is 13.6. The van der Waals surface area contributed by atoms with Gasteiger partial charge in [0.25, 0.3) is 11.8 Å². The summed E-state index contributed by atoms with van der Waals surface area (Å²) in [7, 11) is 3.25. The van der Waals surface area contributed by atoms with E-state index in [1.165, 1.54) is 0 Å². The minimum atomic E-state index is -0.200. The molecule has 5 aromatic carbocycles. The number of nitrogens with one attached hydrogen (secondary N) is 2. The maximum Gasteiger partial charge on any atom is 0.252 e. The topological polar surface area (TPSA) is 102 Å². The number of hydrogen-bond acceptors (Lipinski definition) is 6. The first-order valence-corrected chi connectivity index (χ1v) is 16.2. The van der Waals surface area contributed by atoms with Crippen LogP contribution in [0.4, 0.5) is 0 Å². The highest BCUT2D eigenvalue weighted by molar-refractivity contribution is 6.08. The van der Waals surface area contributed by atoms with E-state index in [0.717, 1.165) is 55.6 Å². The van der Waals surface area contributed by atoms with Gasteiger partial charge in [0.1, 0.15) is 11.5 Å². The molecule has 0 aliphatic rings. The summed E-state index contributed by atoms with van der Waals surface area (Å²) in [6.07, 6.45) is 0. The fraction of sp³-hybridized carbons (Fsp3) is 0.0952. The van der Waals surface area contributed by atoms with Crippen LogP contribution in [0, 0.1) is 0 Å². The molecule has 2 amide bonds. The number of para-hydroxylation sites is 2. The summed E-state index contributed by atoms with van der Waals surface area (Å²) >= 11 is 0. The molecule has 7 rings (SSSR count). The lowest BCUT2D eigenvalue weighted by atomic mass is 10.0. The maximum atomic E-state index is 13.6. The summed E-state index contributed by atoms with van der Waals surface area (Å²) in [6, 6.07) is 42.0.